The topological polar surface area (TPSA) is 79.1 Å². The molecular formula is C14H21Cl2N3O4. The summed E-state index contributed by atoms with van der Waals surface area (Å²) in [6.45, 7) is 4.03. The van der Waals surface area contributed by atoms with E-state index in [1.165, 1.54) is 12.1 Å². The number of nitro benzene ring substituents is 1. The number of benzene rings is 1. The van der Waals surface area contributed by atoms with Gasteiger partial charge >= 0.3 is 0 Å². The zero-order valence-electron chi connectivity index (χ0n) is 12.9. The monoisotopic (exact) mass is 365 g/mol. The lowest BCUT2D eigenvalue weighted by Gasteiger charge is -2.37. The Balaban J connectivity index is 0.00000264. The summed E-state index contributed by atoms with van der Waals surface area (Å²) in [6, 6.07) is 4.54. The number of aliphatic hydroxyl groups excluding tert-OH is 1. The van der Waals surface area contributed by atoms with Crippen LogP contribution in [0.5, 0.6) is 0 Å². The molecule has 1 aromatic carbocycles. The zero-order valence-corrected chi connectivity index (χ0v) is 14.4. The van der Waals surface area contributed by atoms with Gasteiger partial charge in [-0.3, -0.25) is 15.0 Å². The largest absolute Gasteiger partial charge is 0.389 e. The Morgan fingerprint density at radius 2 is 2.04 bits per heavy atom. The van der Waals surface area contributed by atoms with Crippen LogP contribution < -0.4 is 4.90 Å². The Morgan fingerprint density at radius 1 is 1.39 bits per heavy atom. The van der Waals surface area contributed by atoms with Crippen LogP contribution >= 0.6 is 24.0 Å². The number of halogens is 2. The number of piperazine rings is 1. The molecule has 1 aliphatic heterocycles. The van der Waals surface area contributed by atoms with Crippen molar-refractivity contribution < 1.29 is 14.8 Å². The molecule has 0 amide bonds. The van der Waals surface area contributed by atoms with Gasteiger partial charge in [0.05, 0.1) is 28.3 Å². The van der Waals surface area contributed by atoms with Crippen molar-refractivity contribution in [2.75, 3.05) is 51.3 Å². The molecule has 0 bridgehead atoms. The molecule has 0 aliphatic carbocycles. The van der Waals surface area contributed by atoms with Crippen molar-refractivity contribution in [2.45, 2.75) is 6.10 Å². The summed E-state index contributed by atoms with van der Waals surface area (Å²) in [5, 5.41) is 20.9. The van der Waals surface area contributed by atoms with Crippen molar-refractivity contribution in [2.24, 2.45) is 0 Å². The van der Waals surface area contributed by atoms with E-state index >= 15 is 0 Å². The van der Waals surface area contributed by atoms with Gasteiger partial charge in [-0.05, 0) is 6.07 Å². The van der Waals surface area contributed by atoms with E-state index in [9.17, 15) is 15.2 Å². The second kappa shape index (κ2) is 9.24. The van der Waals surface area contributed by atoms with E-state index in [1.54, 1.807) is 13.2 Å². The molecule has 1 aliphatic rings. The van der Waals surface area contributed by atoms with Crippen LogP contribution in [0, 0.1) is 10.1 Å². The number of aliphatic hydroxyl groups is 1. The molecule has 9 heteroatoms. The van der Waals surface area contributed by atoms with E-state index in [1.807, 2.05) is 0 Å². The van der Waals surface area contributed by atoms with E-state index in [0.29, 0.717) is 18.2 Å². The van der Waals surface area contributed by atoms with Crippen LogP contribution in [0.4, 0.5) is 11.4 Å². The number of hydrogen-bond donors (Lipinski definition) is 1. The van der Waals surface area contributed by atoms with Crippen LogP contribution in [0.15, 0.2) is 18.2 Å². The predicted molar refractivity (Wildman–Crippen MR) is 91.9 cm³/mol. The molecule has 1 unspecified atom stereocenters. The van der Waals surface area contributed by atoms with Crippen LogP contribution in [0.2, 0.25) is 5.02 Å². The smallest absolute Gasteiger partial charge is 0.271 e. The molecule has 1 heterocycles. The third-order valence-corrected chi connectivity index (χ3v) is 3.99. The predicted octanol–water partition coefficient (Wildman–Crippen LogP) is 1.80. The molecule has 1 atom stereocenters. The van der Waals surface area contributed by atoms with Gasteiger partial charge in [0, 0.05) is 52.0 Å². The molecule has 23 heavy (non-hydrogen) atoms. The van der Waals surface area contributed by atoms with Crippen LogP contribution in [0.1, 0.15) is 0 Å². The fourth-order valence-electron chi connectivity index (χ4n) is 2.58. The number of nitrogens with zero attached hydrogens (tertiary/aromatic N) is 3. The maximum Gasteiger partial charge on any atom is 0.271 e. The molecule has 0 radical (unpaired) electrons. The Hall–Kier alpha value is -1.12. The fourth-order valence-corrected chi connectivity index (χ4v) is 2.87. The van der Waals surface area contributed by atoms with Gasteiger partial charge in [0.2, 0.25) is 0 Å². The van der Waals surface area contributed by atoms with E-state index in [4.69, 9.17) is 16.3 Å². The number of methoxy groups -OCH3 is 1. The number of hydrogen-bond acceptors (Lipinski definition) is 6. The minimum atomic E-state index is -0.487. The summed E-state index contributed by atoms with van der Waals surface area (Å²) in [5.41, 5.74) is 0.805. The van der Waals surface area contributed by atoms with Crippen LogP contribution in [0.3, 0.4) is 0 Å². The minimum Gasteiger partial charge on any atom is -0.389 e. The third kappa shape index (κ3) is 5.47. The van der Waals surface area contributed by atoms with Gasteiger partial charge < -0.3 is 14.7 Å². The number of non-ortho nitro benzene ring substituents is 1. The average Bonchev–Trinajstić information content (AvgIpc) is 2.48. The van der Waals surface area contributed by atoms with Crippen molar-refractivity contribution in [1.29, 1.82) is 0 Å². The SMILES string of the molecule is COCC(O)CN1CCN(c2ccc([N+](=O)[O-])cc2Cl)CC1.Cl. The number of nitro groups is 1. The maximum absolute atomic E-state index is 10.7. The van der Waals surface area contributed by atoms with Crippen molar-refractivity contribution in [3.63, 3.8) is 0 Å². The van der Waals surface area contributed by atoms with Gasteiger partial charge in [-0.15, -0.1) is 12.4 Å². The molecule has 0 spiro atoms. The number of rotatable bonds is 6. The lowest BCUT2D eigenvalue weighted by molar-refractivity contribution is -0.384. The van der Waals surface area contributed by atoms with Gasteiger partial charge in [0.15, 0.2) is 0 Å². The Morgan fingerprint density at radius 3 is 2.57 bits per heavy atom. The fraction of sp³-hybridized carbons (Fsp3) is 0.571. The molecule has 1 aromatic rings. The second-order valence-electron chi connectivity index (χ2n) is 5.29. The van der Waals surface area contributed by atoms with E-state index in [0.717, 1.165) is 31.9 Å². The standard InChI is InChI=1S/C14H20ClN3O4.ClH/c1-22-10-12(19)9-16-4-6-17(7-5-16)14-3-2-11(18(20)21)8-13(14)15;/h2-3,8,12,19H,4-7,9-10H2,1H3;1H. The van der Waals surface area contributed by atoms with Crippen LogP contribution in [0.25, 0.3) is 0 Å². The highest BCUT2D eigenvalue weighted by atomic mass is 35.5. The molecule has 7 nitrogen and oxygen atoms in total. The Bertz CT molecular complexity index is 525. The zero-order chi connectivity index (χ0) is 16.1. The van der Waals surface area contributed by atoms with Crippen molar-refractivity contribution in [1.82, 2.24) is 4.90 Å². The van der Waals surface area contributed by atoms with E-state index < -0.39 is 11.0 Å². The summed E-state index contributed by atoms with van der Waals surface area (Å²) in [4.78, 5) is 14.5. The van der Waals surface area contributed by atoms with Gasteiger partial charge in [-0.25, -0.2) is 0 Å². The highest BCUT2D eigenvalue weighted by Gasteiger charge is 2.21. The van der Waals surface area contributed by atoms with Gasteiger partial charge in [-0.2, -0.15) is 0 Å². The van der Waals surface area contributed by atoms with Crippen molar-refractivity contribution in [3.05, 3.63) is 33.3 Å². The normalized spacial score (nSPS) is 16.7. The third-order valence-electron chi connectivity index (χ3n) is 3.68. The molecular weight excluding hydrogens is 345 g/mol. The Kier molecular flexibility index (Phi) is 8.01. The number of ether oxygens (including phenoxy) is 1. The quantitative estimate of drug-likeness (QED) is 0.611. The minimum absolute atomic E-state index is 0. The molecule has 1 saturated heterocycles. The lowest BCUT2D eigenvalue weighted by Crippen LogP contribution is -2.49. The summed E-state index contributed by atoms with van der Waals surface area (Å²) in [7, 11) is 1.57. The summed E-state index contributed by atoms with van der Waals surface area (Å²) < 4.78 is 4.92. The molecule has 1 fully saturated rings. The van der Waals surface area contributed by atoms with E-state index in [-0.39, 0.29) is 18.1 Å². The summed E-state index contributed by atoms with van der Waals surface area (Å²) in [6.07, 6.45) is -0.487. The van der Waals surface area contributed by atoms with Gasteiger partial charge in [0.1, 0.15) is 0 Å². The first-order valence-electron chi connectivity index (χ1n) is 7.09. The highest BCUT2D eigenvalue weighted by molar-refractivity contribution is 6.33. The van der Waals surface area contributed by atoms with Crippen LogP contribution in [-0.4, -0.2) is 67.5 Å². The first-order chi connectivity index (χ1) is 10.5. The maximum atomic E-state index is 10.7. The summed E-state index contributed by atoms with van der Waals surface area (Å²) >= 11 is 6.15. The van der Waals surface area contributed by atoms with Crippen molar-refractivity contribution >= 4 is 35.4 Å². The van der Waals surface area contributed by atoms with Crippen LogP contribution in [-0.2, 0) is 4.74 Å². The summed E-state index contributed by atoms with van der Waals surface area (Å²) in [5.74, 6) is 0. The number of β-amino-alcohol motifs (C(OH)–C–C–N with tert-alkyl or cyclic N) is 1. The Labute approximate surface area is 146 Å². The second-order valence-corrected chi connectivity index (χ2v) is 5.70. The molecule has 0 saturated carbocycles. The van der Waals surface area contributed by atoms with Gasteiger partial charge in [-0.1, -0.05) is 11.6 Å². The molecule has 2 rings (SSSR count). The lowest BCUT2D eigenvalue weighted by atomic mass is 10.2. The van der Waals surface area contributed by atoms with Crippen molar-refractivity contribution in [3.8, 4) is 0 Å². The van der Waals surface area contributed by atoms with E-state index in [2.05, 4.69) is 9.80 Å². The van der Waals surface area contributed by atoms with Gasteiger partial charge in [0.25, 0.3) is 5.69 Å². The first-order valence-corrected chi connectivity index (χ1v) is 7.47. The average molecular weight is 366 g/mol. The number of anilines is 1. The molecule has 1 N–H and O–H groups in total. The molecule has 130 valence electrons. The first kappa shape index (κ1) is 19.9. The molecule has 0 aromatic heterocycles. The highest BCUT2D eigenvalue weighted by Crippen LogP contribution is 2.30.